The molecule has 2 aromatic rings. The first-order chi connectivity index (χ1) is 10.6. The number of hydrogen-bond donors (Lipinski definition) is 0. The minimum atomic E-state index is -0.471. The van der Waals surface area contributed by atoms with Gasteiger partial charge in [-0.05, 0) is 40.7 Å². The van der Waals surface area contributed by atoms with Crippen LogP contribution in [-0.2, 0) is 11.3 Å². The molecule has 22 heavy (non-hydrogen) atoms. The van der Waals surface area contributed by atoms with Crippen LogP contribution < -0.4 is 4.90 Å². The van der Waals surface area contributed by atoms with Crippen molar-refractivity contribution in [2.24, 2.45) is 0 Å². The molecule has 0 bridgehead atoms. The minimum absolute atomic E-state index is 0.370. The first-order valence-electron chi connectivity index (χ1n) is 6.95. The molecule has 0 N–H and O–H groups in total. The first kappa shape index (κ1) is 14.9. The number of anilines is 1. The van der Waals surface area contributed by atoms with Crippen LogP contribution in [-0.4, -0.2) is 30.3 Å². The zero-order valence-corrected chi connectivity index (χ0v) is 13.7. The van der Waals surface area contributed by atoms with Crippen LogP contribution in [0, 0.1) is 0 Å². The van der Waals surface area contributed by atoms with Crippen molar-refractivity contribution >= 4 is 33.3 Å². The van der Waals surface area contributed by atoms with E-state index in [2.05, 4.69) is 15.9 Å². The molecular formula is C17H15BrN2O2. The maximum Gasteiger partial charge on any atom is 0.300 e. The average Bonchev–Trinajstić information content (AvgIpc) is 2.75. The number of carbonyl (C=O) groups excluding carboxylic acids is 2. The predicted molar refractivity (Wildman–Crippen MR) is 88.7 cm³/mol. The van der Waals surface area contributed by atoms with Gasteiger partial charge in [-0.25, -0.2) is 0 Å². The Hall–Kier alpha value is -1.98. The summed E-state index contributed by atoms with van der Waals surface area (Å²) in [6.45, 7) is 1.08. The van der Waals surface area contributed by atoms with Crippen molar-refractivity contribution < 1.29 is 9.59 Å². The van der Waals surface area contributed by atoms with Crippen LogP contribution in [0.3, 0.4) is 0 Å². The highest BCUT2D eigenvalue weighted by Gasteiger charge is 2.37. The molecule has 1 amide bonds. The summed E-state index contributed by atoms with van der Waals surface area (Å²) in [5.41, 5.74) is 2.29. The second-order valence-electron chi connectivity index (χ2n) is 5.34. The van der Waals surface area contributed by atoms with E-state index in [-0.39, 0.29) is 0 Å². The third-order valence-corrected chi connectivity index (χ3v) is 4.26. The maximum absolute atomic E-state index is 12.2. The lowest BCUT2D eigenvalue weighted by atomic mass is 10.1. The van der Waals surface area contributed by atoms with Crippen LogP contribution in [0.5, 0.6) is 0 Å². The van der Waals surface area contributed by atoms with E-state index in [1.165, 1.54) is 4.90 Å². The number of ketones is 1. The largest absolute Gasteiger partial charge is 0.300 e. The van der Waals surface area contributed by atoms with Crippen molar-refractivity contribution in [3.63, 3.8) is 0 Å². The second kappa shape index (κ2) is 6.02. The Bertz CT molecular complexity index is 731. The number of carbonyl (C=O) groups is 2. The number of Topliss-reactive ketones (excluding diaryl/α,β-unsaturated/α-hetero) is 1. The standard InChI is InChI=1S/C17H15BrN2O2/c1-19(10-12-6-3-2-4-7-12)11-20-15-13(16(21)17(20)22)8-5-9-14(15)18/h2-9H,10-11H2,1H3. The SMILES string of the molecule is CN(Cc1ccccc1)CN1C(=O)C(=O)c2cccc(Br)c21. The lowest BCUT2D eigenvalue weighted by Crippen LogP contribution is -2.39. The molecule has 1 aliphatic heterocycles. The van der Waals surface area contributed by atoms with Gasteiger partial charge in [0.15, 0.2) is 0 Å². The number of amides is 1. The van der Waals surface area contributed by atoms with Crippen LogP contribution in [0.1, 0.15) is 15.9 Å². The summed E-state index contributed by atoms with van der Waals surface area (Å²) in [6.07, 6.45) is 0. The molecule has 0 aliphatic carbocycles. The van der Waals surface area contributed by atoms with Gasteiger partial charge in [-0.1, -0.05) is 36.4 Å². The average molecular weight is 359 g/mol. The van der Waals surface area contributed by atoms with Gasteiger partial charge < -0.3 is 0 Å². The van der Waals surface area contributed by atoms with Crippen molar-refractivity contribution in [1.82, 2.24) is 4.90 Å². The van der Waals surface area contributed by atoms with Crippen molar-refractivity contribution in [3.05, 3.63) is 64.1 Å². The number of para-hydroxylation sites is 1. The summed E-state index contributed by atoms with van der Waals surface area (Å²) >= 11 is 3.43. The van der Waals surface area contributed by atoms with E-state index >= 15 is 0 Å². The Labute approximate surface area is 137 Å². The Balaban J connectivity index is 1.81. The third-order valence-electron chi connectivity index (χ3n) is 3.62. The zero-order valence-electron chi connectivity index (χ0n) is 12.1. The van der Waals surface area contributed by atoms with Gasteiger partial charge in [0.25, 0.3) is 5.78 Å². The summed E-state index contributed by atoms with van der Waals surface area (Å²) in [6, 6.07) is 15.3. The van der Waals surface area contributed by atoms with E-state index < -0.39 is 11.7 Å². The van der Waals surface area contributed by atoms with E-state index in [0.29, 0.717) is 24.5 Å². The summed E-state index contributed by atoms with van der Waals surface area (Å²) < 4.78 is 0.761. The number of hydrogen-bond acceptors (Lipinski definition) is 3. The number of fused-ring (bicyclic) bond motifs is 1. The predicted octanol–water partition coefficient (Wildman–Crippen LogP) is 3.07. The molecule has 0 spiro atoms. The molecule has 1 heterocycles. The van der Waals surface area contributed by atoms with Gasteiger partial charge in [0.1, 0.15) is 0 Å². The van der Waals surface area contributed by atoms with Crippen molar-refractivity contribution in [2.45, 2.75) is 6.54 Å². The normalized spacial score (nSPS) is 13.9. The molecule has 0 saturated heterocycles. The zero-order chi connectivity index (χ0) is 15.7. The van der Waals surface area contributed by atoms with Gasteiger partial charge in [0.2, 0.25) is 0 Å². The van der Waals surface area contributed by atoms with Gasteiger partial charge >= 0.3 is 5.91 Å². The molecule has 0 radical (unpaired) electrons. The van der Waals surface area contributed by atoms with E-state index in [1.54, 1.807) is 12.1 Å². The van der Waals surface area contributed by atoms with E-state index in [1.807, 2.05) is 48.3 Å². The van der Waals surface area contributed by atoms with Gasteiger partial charge in [0.05, 0.1) is 17.9 Å². The Morgan fingerprint density at radius 2 is 1.77 bits per heavy atom. The quantitative estimate of drug-likeness (QED) is 0.788. The molecule has 5 heteroatoms. The second-order valence-corrected chi connectivity index (χ2v) is 6.19. The van der Waals surface area contributed by atoms with Crippen molar-refractivity contribution in [2.75, 3.05) is 18.6 Å². The van der Waals surface area contributed by atoms with Crippen LogP contribution in [0.2, 0.25) is 0 Å². The van der Waals surface area contributed by atoms with E-state index in [4.69, 9.17) is 0 Å². The summed E-state index contributed by atoms with van der Waals surface area (Å²) in [4.78, 5) is 27.8. The van der Waals surface area contributed by atoms with Crippen LogP contribution in [0.25, 0.3) is 0 Å². The van der Waals surface area contributed by atoms with Gasteiger partial charge in [-0.2, -0.15) is 0 Å². The number of benzene rings is 2. The first-order valence-corrected chi connectivity index (χ1v) is 7.74. The molecule has 112 valence electrons. The molecule has 0 fully saturated rings. The minimum Gasteiger partial charge on any atom is -0.290 e. The molecule has 0 saturated carbocycles. The van der Waals surface area contributed by atoms with Crippen LogP contribution in [0.4, 0.5) is 5.69 Å². The van der Waals surface area contributed by atoms with Crippen LogP contribution in [0.15, 0.2) is 53.0 Å². The Kier molecular flexibility index (Phi) is 4.09. The summed E-state index contributed by atoms with van der Waals surface area (Å²) in [5, 5.41) is 0. The monoisotopic (exact) mass is 358 g/mol. The fraction of sp³-hybridized carbons (Fsp3) is 0.176. The molecule has 2 aromatic carbocycles. The molecule has 3 rings (SSSR count). The lowest BCUT2D eigenvalue weighted by molar-refractivity contribution is -0.114. The van der Waals surface area contributed by atoms with E-state index in [0.717, 1.165) is 10.0 Å². The van der Waals surface area contributed by atoms with Gasteiger partial charge in [-0.15, -0.1) is 0 Å². The lowest BCUT2D eigenvalue weighted by Gasteiger charge is -2.25. The van der Waals surface area contributed by atoms with Gasteiger partial charge in [-0.3, -0.25) is 19.4 Å². The molecule has 0 aromatic heterocycles. The summed E-state index contributed by atoms with van der Waals surface area (Å²) in [7, 11) is 1.93. The highest BCUT2D eigenvalue weighted by molar-refractivity contribution is 9.10. The highest BCUT2D eigenvalue weighted by Crippen LogP contribution is 2.35. The Morgan fingerprint density at radius 3 is 2.50 bits per heavy atom. The summed E-state index contributed by atoms with van der Waals surface area (Å²) in [5.74, 6) is -0.911. The molecule has 1 aliphatic rings. The third kappa shape index (κ3) is 2.69. The molecular weight excluding hydrogens is 344 g/mol. The van der Waals surface area contributed by atoms with Crippen molar-refractivity contribution in [3.8, 4) is 0 Å². The van der Waals surface area contributed by atoms with Gasteiger partial charge in [0, 0.05) is 11.0 Å². The molecule has 0 atom stereocenters. The highest BCUT2D eigenvalue weighted by atomic mass is 79.9. The van der Waals surface area contributed by atoms with E-state index in [9.17, 15) is 9.59 Å². The fourth-order valence-corrected chi connectivity index (χ4v) is 3.21. The Morgan fingerprint density at radius 1 is 1.05 bits per heavy atom. The number of rotatable bonds is 4. The van der Waals surface area contributed by atoms with Crippen LogP contribution >= 0.6 is 15.9 Å². The fourth-order valence-electron chi connectivity index (χ4n) is 2.63. The maximum atomic E-state index is 12.2. The smallest absolute Gasteiger partial charge is 0.290 e. The number of nitrogens with zero attached hydrogens (tertiary/aromatic N) is 2. The topological polar surface area (TPSA) is 40.6 Å². The van der Waals surface area contributed by atoms with Crippen molar-refractivity contribution in [1.29, 1.82) is 0 Å². The number of halogens is 1. The molecule has 0 unspecified atom stereocenters. The molecule has 4 nitrogen and oxygen atoms in total.